The zero-order valence-electron chi connectivity index (χ0n) is 17.5. The van der Waals surface area contributed by atoms with Crippen molar-refractivity contribution in [2.45, 2.75) is 65.0 Å². The molecule has 0 spiro atoms. The number of piperidine rings is 1. The van der Waals surface area contributed by atoms with Crippen molar-refractivity contribution in [3.8, 4) is 0 Å². The van der Waals surface area contributed by atoms with Gasteiger partial charge in [-0.2, -0.15) is 0 Å². The molecule has 2 fully saturated rings. The fourth-order valence-electron chi connectivity index (χ4n) is 4.00. The zero-order chi connectivity index (χ0) is 20.3. The molecule has 2 saturated heterocycles. The quantitative estimate of drug-likeness (QED) is 0.830. The molecule has 1 aromatic heterocycles. The van der Waals surface area contributed by atoms with Crippen LogP contribution < -0.4 is 5.32 Å². The van der Waals surface area contributed by atoms with Crippen molar-refractivity contribution in [1.82, 2.24) is 25.2 Å². The molecular formula is C20H33N5O3. The third-order valence-corrected chi connectivity index (χ3v) is 5.61. The van der Waals surface area contributed by atoms with Gasteiger partial charge in [0.1, 0.15) is 0 Å². The molecule has 156 valence electrons. The van der Waals surface area contributed by atoms with Crippen LogP contribution in [0.25, 0.3) is 0 Å². The van der Waals surface area contributed by atoms with Gasteiger partial charge in [-0.3, -0.25) is 9.59 Å². The van der Waals surface area contributed by atoms with E-state index in [0.717, 1.165) is 38.8 Å². The van der Waals surface area contributed by atoms with E-state index in [1.165, 1.54) is 0 Å². The van der Waals surface area contributed by atoms with Crippen LogP contribution in [0.1, 0.15) is 69.9 Å². The topological polar surface area (TPSA) is 89.4 Å². The molecule has 1 N–H and O–H groups in total. The summed E-state index contributed by atoms with van der Waals surface area (Å²) in [7, 11) is 0. The van der Waals surface area contributed by atoms with Crippen molar-refractivity contribution in [2.75, 3.05) is 26.2 Å². The van der Waals surface area contributed by atoms with Crippen molar-refractivity contribution < 1.29 is 14.3 Å². The summed E-state index contributed by atoms with van der Waals surface area (Å²) in [6.45, 7) is 10.9. The van der Waals surface area contributed by atoms with Crippen LogP contribution in [-0.4, -0.2) is 63.6 Å². The van der Waals surface area contributed by atoms with Crippen LogP contribution >= 0.6 is 0 Å². The van der Waals surface area contributed by atoms with Gasteiger partial charge in [0.05, 0.1) is 17.8 Å². The van der Waals surface area contributed by atoms with Crippen LogP contribution in [-0.2, 0) is 9.53 Å². The van der Waals surface area contributed by atoms with Gasteiger partial charge in [-0.05, 0) is 45.4 Å². The number of rotatable bonds is 5. The Kier molecular flexibility index (Phi) is 6.37. The SMILES string of the molecule is CC(C)CNC(=O)c1cn(C2CCN(C(=O)C3CCOC(C)(C)C3)CC2)nn1. The maximum Gasteiger partial charge on any atom is 0.273 e. The van der Waals surface area contributed by atoms with Crippen molar-refractivity contribution >= 4 is 11.8 Å². The number of hydrogen-bond donors (Lipinski definition) is 1. The number of hydrogen-bond acceptors (Lipinski definition) is 5. The molecular weight excluding hydrogens is 358 g/mol. The number of amides is 2. The monoisotopic (exact) mass is 391 g/mol. The molecule has 0 bridgehead atoms. The molecule has 8 nitrogen and oxygen atoms in total. The molecule has 1 unspecified atom stereocenters. The van der Waals surface area contributed by atoms with Gasteiger partial charge in [-0.1, -0.05) is 19.1 Å². The van der Waals surface area contributed by atoms with E-state index in [1.807, 2.05) is 18.7 Å². The number of ether oxygens (including phenoxy) is 1. The first-order valence-corrected chi connectivity index (χ1v) is 10.4. The Morgan fingerprint density at radius 3 is 2.64 bits per heavy atom. The summed E-state index contributed by atoms with van der Waals surface area (Å²) in [5.74, 6) is 0.516. The van der Waals surface area contributed by atoms with E-state index >= 15 is 0 Å². The standard InChI is InChI=1S/C20H33N5O3/c1-14(2)12-21-18(26)17-13-25(23-22-17)16-5-8-24(9-6-16)19(27)15-7-10-28-20(3,4)11-15/h13-16H,5-12H2,1-4H3,(H,21,26). The smallest absolute Gasteiger partial charge is 0.273 e. The lowest BCUT2D eigenvalue weighted by Gasteiger charge is -2.39. The Balaban J connectivity index is 1.51. The molecule has 3 heterocycles. The normalized spacial score (nSPS) is 23.0. The predicted octanol–water partition coefficient (Wildman–Crippen LogP) is 2.03. The Hall–Kier alpha value is -1.96. The Morgan fingerprint density at radius 2 is 2.00 bits per heavy atom. The Labute approximate surface area is 167 Å². The zero-order valence-corrected chi connectivity index (χ0v) is 17.5. The van der Waals surface area contributed by atoms with E-state index in [1.54, 1.807) is 10.9 Å². The highest BCUT2D eigenvalue weighted by molar-refractivity contribution is 5.91. The molecule has 2 amide bonds. The minimum Gasteiger partial charge on any atom is -0.376 e. The molecule has 0 aromatic carbocycles. The van der Waals surface area contributed by atoms with Gasteiger partial charge in [0.2, 0.25) is 5.91 Å². The van der Waals surface area contributed by atoms with Gasteiger partial charge in [-0.15, -0.1) is 5.10 Å². The summed E-state index contributed by atoms with van der Waals surface area (Å²) in [6.07, 6.45) is 4.96. The molecule has 0 saturated carbocycles. The molecule has 0 radical (unpaired) electrons. The lowest BCUT2D eigenvalue weighted by atomic mass is 9.87. The minimum atomic E-state index is -0.218. The molecule has 28 heavy (non-hydrogen) atoms. The van der Waals surface area contributed by atoms with Gasteiger partial charge >= 0.3 is 0 Å². The average Bonchev–Trinajstić information content (AvgIpc) is 3.15. The van der Waals surface area contributed by atoms with Gasteiger partial charge in [0.25, 0.3) is 5.91 Å². The number of likely N-dealkylation sites (tertiary alicyclic amines) is 1. The third kappa shape index (κ3) is 5.10. The van der Waals surface area contributed by atoms with Crippen molar-refractivity contribution in [3.63, 3.8) is 0 Å². The van der Waals surface area contributed by atoms with Crippen LogP contribution in [0.5, 0.6) is 0 Å². The van der Waals surface area contributed by atoms with E-state index < -0.39 is 0 Å². The van der Waals surface area contributed by atoms with Crippen LogP contribution in [0.2, 0.25) is 0 Å². The number of carbonyl (C=O) groups excluding carboxylic acids is 2. The molecule has 3 rings (SSSR count). The lowest BCUT2D eigenvalue weighted by Crippen LogP contribution is -2.46. The van der Waals surface area contributed by atoms with E-state index in [4.69, 9.17) is 4.74 Å². The van der Waals surface area contributed by atoms with E-state index in [9.17, 15) is 9.59 Å². The van der Waals surface area contributed by atoms with Crippen LogP contribution in [0.4, 0.5) is 0 Å². The number of nitrogens with one attached hydrogen (secondary N) is 1. The van der Waals surface area contributed by atoms with Gasteiger partial charge in [0.15, 0.2) is 5.69 Å². The van der Waals surface area contributed by atoms with Crippen molar-refractivity contribution in [2.24, 2.45) is 11.8 Å². The molecule has 2 aliphatic rings. The highest BCUT2D eigenvalue weighted by Gasteiger charge is 2.36. The second-order valence-electron chi connectivity index (χ2n) is 9.04. The maximum atomic E-state index is 12.9. The van der Waals surface area contributed by atoms with Gasteiger partial charge < -0.3 is 15.0 Å². The minimum absolute atomic E-state index is 0.0583. The molecule has 0 aliphatic carbocycles. The summed E-state index contributed by atoms with van der Waals surface area (Å²) < 4.78 is 7.52. The van der Waals surface area contributed by atoms with E-state index in [0.29, 0.717) is 24.8 Å². The summed E-state index contributed by atoms with van der Waals surface area (Å²) in [5, 5.41) is 11.0. The third-order valence-electron chi connectivity index (χ3n) is 5.61. The van der Waals surface area contributed by atoms with Crippen molar-refractivity contribution in [1.29, 1.82) is 0 Å². The number of nitrogens with zero attached hydrogens (tertiary/aromatic N) is 4. The molecule has 1 atom stereocenters. The lowest BCUT2D eigenvalue weighted by molar-refractivity contribution is -0.146. The first-order chi connectivity index (χ1) is 13.2. The largest absolute Gasteiger partial charge is 0.376 e. The molecule has 8 heteroatoms. The number of aromatic nitrogens is 3. The second-order valence-corrected chi connectivity index (χ2v) is 9.04. The fraction of sp³-hybridized carbons (Fsp3) is 0.800. The Bertz CT molecular complexity index is 692. The molecule has 2 aliphatic heterocycles. The summed E-state index contributed by atoms with van der Waals surface area (Å²) >= 11 is 0. The predicted molar refractivity (Wildman–Crippen MR) is 105 cm³/mol. The van der Waals surface area contributed by atoms with E-state index in [2.05, 4.69) is 29.5 Å². The summed E-state index contributed by atoms with van der Waals surface area (Å²) in [6, 6.07) is 0.175. The van der Waals surface area contributed by atoms with Crippen molar-refractivity contribution in [3.05, 3.63) is 11.9 Å². The number of carbonyl (C=O) groups is 2. The molecule has 1 aromatic rings. The van der Waals surface area contributed by atoms with Crippen LogP contribution in [0.15, 0.2) is 6.20 Å². The van der Waals surface area contributed by atoms with Crippen LogP contribution in [0, 0.1) is 11.8 Å². The van der Waals surface area contributed by atoms with E-state index in [-0.39, 0.29) is 29.4 Å². The van der Waals surface area contributed by atoms with Gasteiger partial charge in [0, 0.05) is 32.2 Å². The second kappa shape index (κ2) is 8.59. The highest BCUT2D eigenvalue weighted by Crippen LogP contribution is 2.31. The highest BCUT2D eigenvalue weighted by atomic mass is 16.5. The van der Waals surface area contributed by atoms with Gasteiger partial charge in [-0.25, -0.2) is 4.68 Å². The average molecular weight is 392 g/mol. The summed E-state index contributed by atoms with van der Waals surface area (Å²) in [4.78, 5) is 27.0. The fourth-order valence-corrected chi connectivity index (χ4v) is 4.00. The Morgan fingerprint density at radius 1 is 1.29 bits per heavy atom. The first kappa shape index (κ1) is 20.8. The summed E-state index contributed by atoms with van der Waals surface area (Å²) in [5.41, 5.74) is 0.132. The maximum absolute atomic E-state index is 12.9. The van der Waals surface area contributed by atoms with Crippen LogP contribution in [0.3, 0.4) is 0 Å². The first-order valence-electron chi connectivity index (χ1n) is 10.4.